The van der Waals surface area contributed by atoms with Gasteiger partial charge in [0.15, 0.2) is 0 Å². The molecule has 1 aromatic rings. The molecule has 1 aliphatic rings. The van der Waals surface area contributed by atoms with E-state index in [1.165, 1.54) is 19.3 Å². The Morgan fingerprint density at radius 2 is 1.76 bits per heavy atom. The first kappa shape index (κ1) is 16.5. The SMILES string of the molecule is CC(O)c1cccc(S(=O)(=O)NC2CCCCCCC2)c1. The number of nitrogens with one attached hydrogen (secondary N) is 1. The minimum atomic E-state index is -3.51. The molecular formula is C16H25NO3S. The predicted octanol–water partition coefficient (Wildman–Crippen LogP) is 3.13. The van der Waals surface area contributed by atoms with Crippen molar-refractivity contribution in [3.8, 4) is 0 Å². The van der Waals surface area contributed by atoms with Crippen LogP contribution in [0.15, 0.2) is 29.2 Å². The fourth-order valence-electron chi connectivity index (χ4n) is 2.80. The number of hydrogen-bond acceptors (Lipinski definition) is 3. The van der Waals surface area contributed by atoms with Gasteiger partial charge in [0, 0.05) is 6.04 Å². The molecule has 1 saturated carbocycles. The third-order valence-electron chi connectivity index (χ3n) is 4.08. The van der Waals surface area contributed by atoms with Gasteiger partial charge in [0.1, 0.15) is 0 Å². The van der Waals surface area contributed by atoms with Crippen LogP contribution in [0.2, 0.25) is 0 Å². The molecule has 1 aromatic carbocycles. The molecule has 1 fully saturated rings. The van der Waals surface area contributed by atoms with Gasteiger partial charge in [0.2, 0.25) is 10.0 Å². The number of aliphatic hydroxyl groups is 1. The lowest BCUT2D eigenvalue weighted by molar-refractivity contribution is 0.199. The summed E-state index contributed by atoms with van der Waals surface area (Å²) in [4.78, 5) is 0.239. The van der Waals surface area contributed by atoms with Crippen LogP contribution in [-0.2, 0) is 10.0 Å². The third kappa shape index (κ3) is 4.80. The predicted molar refractivity (Wildman–Crippen MR) is 83.5 cm³/mol. The summed E-state index contributed by atoms with van der Waals surface area (Å²) in [6.45, 7) is 1.63. The zero-order valence-corrected chi connectivity index (χ0v) is 13.4. The van der Waals surface area contributed by atoms with Crippen LogP contribution in [0, 0.1) is 0 Å². The van der Waals surface area contributed by atoms with Crippen molar-refractivity contribution in [1.82, 2.24) is 4.72 Å². The maximum atomic E-state index is 12.5. The molecule has 4 nitrogen and oxygen atoms in total. The summed E-state index contributed by atoms with van der Waals surface area (Å²) in [6.07, 6.45) is 6.97. The quantitative estimate of drug-likeness (QED) is 0.898. The van der Waals surface area contributed by atoms with E-state index in [4.69, 9.17) is 0 Å². The lowest BCUT2D eigenvalue weighted by Gasteiger charge is -2.21. The summed E-state index contributed by atoms with van der Waals surface area (Å²) in [7, 11) is -3.51. The Labute approximate surface area is 127 Å². The molecule has 2 N–H and O–H groups in total. The van der Waals surface area contributed by atoms with Crippen LogP contribution in [-0.4, -0.2) is 19.6 Å². The number of sulfonamides is 1. The molecule has 1 atom stereocenters. The van der Waals surface area contributed by atoms with E-state index >= 15 is 0 Å². The minimum Gasteiger partial charge on any atom is -0.389 e. The maximum absolute atomic E-state index is 12.5. The van der Waals surface area contributed by atoms with E-state index in [1.54, 1.807) is 31.2 Å². The van der Waals surface area contributed by atoms with E-state index in [0.717, 1.165) is 25.7 Å². The van der Waals surface area contributed by atoms with E-state index in [1.807, 2.05) is 0 Å². The van der Waals surface area contributed by atoms with Gasteiger partial charge < -0.3 is 5.11 Å². The summed E-state index contributed by atoms with van der Waals surface area (Å²) in [6, 6.07) is 6.58. The van der Waals surface area contributed by atoms with E-state index in [-0.39, 0.29) is 10.9 Å². The van der Waals surface area contributed by atoms with Gasteiger partial charge in [-0.25, -0.2) is 13.1 Å². The largest absolute Gasteiger partial charge is 0.389 e. The van der Waals surface area contributed by atoms with Crippen LogP contribution in [0.5, 0.6) is 0 Å². The first-order valence-corrected chi connectivity index (χ1v) is 9.28. The van der Waals surface area contributed by atoms with Gasteiger partial charge >= 0.3 is 0 Å². The number of rotatable bonds is 4. The van der Waals surface area contributed by atoms with Gasteiger partial charge in [-0.1, -0.05) is 44.2 Å². The van der Waals surface area contributed by atoms with E-state index in [2.05, 4.69) is 4.72 Å². The summed E-state index contributed by atoms with van der Waals surface area (Å²) < 4.78 is 27.8. The Morgan fingerprint density at radius 1 is 1.14 bits per heavy atom. The second kappa shape index (κ2) is 7.38. The number of benzene rings is 1. The monoisotopic (exact) mass is 311 g/mol. The zero-order chi connectivity index (χ0) is 15.3. The van der Waals surface area contributed by atoms with Crippen molar-refractivity contribution >= 4 is 10.0 Å². The molecule has 0 radical (unpaired) electrons. The highest BCUT2D eigenvalue weighted by Gasteiger charge is 2.21. The van der Waals surface area contributed by atoms with Crippen molar-refractivity contribution in [3.05, 3.63) is 29.8 Å². The molecule has 5 heteroatoms. The molecular weight excluding hydrogens is 286 g/mol. The average molecular weight is 311 g/mol. The molecule has 0 amide bonds. The summed E-state index contributed by atoms with van der Waals surface area (Å²) >= 11 is 0. The van der Waals surface area contributed by atoms with Crippen LogP contribution < -0.4 is 4.72 Å². The smallest absolute Gasteiger partial charge is 0.240 e. The Kier molecular flexibility index (Phi) is 5.79. The van der Waals surface area contributed by atoms with Gasteiger partial charge in [0.25, 0.3) is 0 Å². The Morgan fingerprint density at radius 3 is 2.38 bits per heavy atom. The normalized spacial score (nSPS) is 19.7. The summed E-state index contributed by atoms with van der Waals surface area (Å²) in [5.41, 5.74) is 0.621. The second-order valence-electron chi connectivity index (χ2n) is 5.91. The zero-order valence-electron chi connectivity index (χ0n) is 12.6. The highest BCUT2D eigenvalue weighted by atomic mass is 32.2. The van der Waals surface area contributed by atoms with Gasteiger partial charge in [-0.05, 0) is 37.5 Å². The van der Waals surface area contributed by atoms with Crippen LogP contribution in [0.1, 0.15) is 63.5 Å². The standard InChI is InChI=1S/C16H25NO3S/c1-13(18)14-8-7-11-16(12-14)21(19,20)17-15-9-5-3-2-4-6-10-15/h7-8,11-13,15,17-18H,2-6,9-10H2,1H3. The van der Waals surface area contributed by atoms with Gasteiger partial charge in [-0.3, -0.25) is 0 Å². The summed E-state index contributed by atoms with van der Waals surface area (Å²) in [5, 5.41) is 9.59. The van der Waals surface area contributed by atoms with Crippen LogP contribution in [0.3, 0.4) is 0 Å². The number of hydrogen-bond donors (Lipinski definition) is 2. The maximum Gasteiger partial charge on any atom is 0.240 e. The lowest BCUT2D eigenvalue weighted by atomic mass is 9.97. The molecule has 0 bridgehead atoms. The highest BCUT2D eigenvalue weighted by molar-refractivity contribution is 7.89. The molecule has 21 heavy (non-hydrogen) atoms. The minimum absolute atomic E-state index is 0.0329. The molecule has 0 spiro atoms. The van der Waals surface area contributed by atoms with Crippen molar-refractivity contribution in [3.63, 3.8) is 0 Å². The first-order chi connectivity index (χ1) is 9.99. The first-order valence-electron chi connectivity index (χ1n) is 7.79. The fraction of sp³-hybridized carbons (Fsp3) is 0.625. The molecule has 0 aliphatic heterocycles. The molecule has 0 aromatic heterocycles. The molecule has 0 saturated heterocycles. The average Bonchev–Trinajstić information content (AvgIpc) is 2.42. The van der Waals surface area contributed by atoms with Crippen molar-refractivity contribution in [2.75, 3.05) is 0 Å². The Hall–Kier alpha value is -0.910. The Bertz CT molecular complexity index is 546. The van der Waals surface area contributed by atoms with Gasteiger partial charge in [0.05, 0.1) is 11.0 Å². The third-order valence-corrected chi connectivity index (χ3v) is 5.60. The number of aliphatic hydroxyl groups excluding tert-OH is 1. The van der Waals surface area contributed by atoms with Crippen molar-refractivity contribution in [2.45, 2.75) is 68.9 Å². The summed E-state index contributed by atoms with van der Waals surface area (Å²) in [5.74, 6) is 0. The van der Waals surface area contributed by atoms with Crippen LogP contribution in [0.25, 0.3) is 0 Å². The van der Waals surface area contributed by atoms with E-state index in [0.29, 0.717) is 5.56 Å². The Balaban J connectivity index is 2.11. The van der Waals surface area contributed by atoms with Gasteiger partial charge in [-0.2, -0.15) is 0 Å². The fourth-order valence-corrected chi connectivity index (χ4v) is 4.16. The molecule has 1 unspecified atom stereocenters. The van der Waals surface area contributed by atoms with Crippen LogP contribution in [0.4, 0.5) is 0 Å². The molecule has 1 aliphatic carbocycles. The second-order valence-corrected chi connectivity index (χ2v) is 7.63. The lowest BCUT2D eigenvalue weighted by Crippen LogP contribution is -2.35. The van der Waals surface area contributed by atoms with E-state index in [9.17, 15) is 13.5 Å². The molecule has 0 heterocycles. The highest BCUT2D eigenvalue weighted by Crippen LogP contribution is 2.21. The van der Waals surface area contributed by atoms with Gasteiger partial charge in [-0.15, -0.1) is 0 Å². The van der Waals surface area contributed by atoms with Crippen molar-refractivity contribution in [2.24, 2.45) is 0 Å². The molecule has 2 rings (SSSR count). The molecule has 118 valence electrons. The topological polar surface area (TPSA) is 66.4 Å². The van der Waals surface area contributed by atoms with E-state index < -0.39 is 16.1 Å². The van der Waals surface area contributed by atoms with Crippen LogP contribution >= 0.6 is 0 Å². The van der Waals surface area contributed by atoms with Crippen molar-refractivity contribution < 1.29 is 13.5 Å². The van der Waals surface area contributed by atoms with Crippen molar-refractivity contribution in [1.29, 1.82) is 0 Å².